The largest absolute Gasteiger partial charge is 0.494 e. The molecule has 18 heavy (non-hydrogen) atoms. The molecule has 0 radical (unpaired) electrons. The Hall–Kier alpha value is -1.02. The van der Waals surface area contributed by atoms with Gasteiger partial charge in [-0.15, -0.1) is 0 Å². The van der Waals surface area contributed by atoms with Crippen molar-refractivity contribution in [1.82, 2.24) is 5.32 Å². The Balaban J connectivity index is 1.81. The Morgan fingerprint density at radius 2 is 1.89 bits per heavy atom. The standard InChI is InChI=1S/C16H25NO/c1-4-18-16-9-7-15(8-10-16)13(3)17-11-12(2)14-5-6-14/h7-10,12-14,17H,4-6,11H2,1-3H3. The molecule has 0 aromatic heterocycles. The van der Waals surface area contributed by atoms with E-state index in [9.17, 15) is 0 Å². The number of hydrogen-bond acceptors (Lipinski definition) is 2. The van der Waals surface area contributed by atoms with Gasteiger partial charge in [-0.2, -0.15) is 0 Å². The van der Waals surface area contributed by atoms with Crippen molar-refractivity contribution in [2.24, 2.45) is 11.8 Å². The summed E-state index contributed by atoms with van der Waals surface area (Å²) in [6.45, 7) is 8.45. The number of nitrogens with one attached hydrogen (secondary N) is 1. The van der Waals surface area contributed by atoms with Gasteiger partial charge in [0.15, 0.2) is 0 Å². The van der Waals surface area contributed by atoms with Crippen LogP contribution in [0.2, 0.25) is 0 Å². The summed E-state index contributed by atoms with van der Waals surface area (Å²) >= 11 is 0. The average molecular weight is 247 g/mol. The smallest absolute Gasteiger partial charge is 0.119 e. The van der Waals surface area contributed by atoms with Gasteiger partial charge in [0.2, 0.25) is 0 Å². The second kappa shape index (κ2) is 6.24. The minimum absolute atomic E-state index is 0.418. The van der Waals surface area contributed by atoms with Crippen molar-refractivity contribution in [1.29, 1.82) is 0 Å². The molecule has 100 valence electrons. The first kappa shape index (κ1) is 13.4. The third-order valence-electron chi connectivity index (χ3n) is 3.86. The Morgan fingerprint density at radius 1 is 1.22 bits per heavy atom. The molecule has 2 unspecified atom stereocenters. The predicted octanol–water partition coefficient (Wildman–Crippen LogP) is 3.78. The first-order chi connectivity index (χ1) is 8.70. The highest BCUT2D eigenvalue weighted by Crippen LogP contribution is 2.36. The highest BCUT2D eigenvalue weighted by atomic mass is 16.5. The molecule has 0 aliphatic heterocycles. The van der Waals surface area contributed by atoms with Crippen LogP contribution in [0.5, 0.6) is 5.75 Å². The van der Waals surface area contributed by atoms with Crippen molar-refractivity contribution in [3.8, 4) is 5.75 Å². The van der Waals surface area contributed by atoms with Crippen LogP contribution in [0.4, 0.5) is 0 Å². The van der Waals surface area contributed by atoms with Crippen LogP contribution in [0.3, 0.4) is 0 Å². The predicted molar refractivity (Wildman–Crippen MR) is 75.9 cm³/mol. The van der Waals surface area contributed by atoms with Gasteiger partial charge in [0.05, 0.1) is 6.61 Å². The lowest BCUT2D eigenvalue weighted by Gasteiger charge is -2.18. The zero-order valence-electron chi connectivity index (χ0n) is 11.8. The summed E-state index contributed by atoms with van der Waals surface area (Å²) in [7, 11) is 0. The van der Waals surface area contributed by atoms with Crippen LogP contribution in [-0.2, 0) is 0 Å². The van der Waals surface area contributed by atoms with Crippen LogP contribution in [-0.4, -0.2) is 13.2 Å². The molecule has 1 aromatic carbocycles. The van der Waals surface area contributed by atoms with Crippen molar-refractivity contribution in [3.63, 3.8) is 0 Å². The zero-order chi connectivity index (χ0) is 13.0. The number of benzene rings is 1. The molecular formula is C16H25NO. The van der Waals surface area contributed by atoms with E-state index in [2.05, 4.69) is 43.4 Å². The Kier molecular flexibility index (Phi) is 4.65. The lowest BCUT2D eigenvalue weighted by molar-refractivity contribution is 0.340. The summed E-state index contributed by atoms with van der Waals surface area (Å²) in [4.78, 5) is 0. The molecule has 1 N–H and O–H groups in total. The molecule has 1 saturated carbocycles. The van der Waals surface area contributed by atoms with E-state index in [1.807, 2.05) is 6.92 Å². The molecule has 2 atom stereocenters. The van der Waals surface area contributed by atoms with Gasteiger partial charge in [0.1, 0.15) is 5.75 Å². The van der Waals surface area contributed by atoms with Crippen molar-refractivity contribution >= 4 is 0 Å². The fourth-order valence-electron chi connectivity index (χ4n) is 2.33. The number of ether oxygens (including phenoxy) is 1. The summed E-state index contributed by atoms with van der Waals surface area (Å²) in [5, 5.41) is 3.63. The molecule has 0 amide bonds. The minimum atomic E-state index is 0.418. The van der Waals surface area contributed by atoms with Crippen molar-refractivity contribution in [2.75, 3.05) is 13.2 Å². The number of hydrogen-bond donors (Lipinski definition) is 1. The van der Waals surface area contributed by atoms with Crippen molar-refractivity contribution in [2.45, 2.75) is 39.7 Å². The summed E-state index contributed by atoms with van der Waals surface area (Å²) < 4.78 is 5.46. The fraction of sp³-hybridized carbons (Fsp3) is 0.625. The van der Waals surface area contributed by atoms with E-state index in [-0.39, 0.29) is 0 Å². The van der Waals surface area contributed by atoms with Gasteiger partial charge in [0, 0.05) is 6.04 Å². The summed E-state index contributed by atoms with van der Waals surface area (Å²) in [6.07, 6.45) is 2.86. The first-order valence-corrected chi connectivity index (χ1v) is 7.16. The fourth-order valence-corrected chi connectivity index (χ4v) is 2.33. The van der Waals surface area contributed by atoms with Crippen LogP contribution in [0.1, 0.15) is 45.2 Å². The maximum atomic E-state index is 5.46. The zero-order valence-corrected chi connectivity index (χ0v) is 11.8. The molecule has 2 heteroatoms. The maximum Gasteiger partial charge on any atom is 0.119 e. The van der Waals surface area contributed by atoms with Gasteiger partial charge in [-0.25, -0.2) is 0 Å². The molecule has 2 rings (SSSR count). The molecule has 2 nitrogen and oxygen atoms in total. The van der Waals surface area contributed by atoms with Crippen LogP contribution in [0.15, 0.2) is 24.3 Å². The Labute approximate surface area is 111 Å². The van der Waals surface area contributed by atoms with E-state index in [4.69, 9.17) is 4.74 Å². The monoisotopic (exact) mass is 247 g/mol. The van der Waals surface area contributed by atoms with Crippen molar-refractivity contribution in [3.05, 3.63) is 29.8 Å². The molecular weight excluding hydrogens is 222 g/mol. The third-order valence-corrected chi connectivity index (χ3v) is 3.86. The van der Waals surface area contributed by atoms with Gasteiger partial charge in [-0.1, -0.05) is 19.1 Å². The first-order valence-electron chi connectivity index (χ1n) is 7.16. The van der Waals surface area contributed by atoms with E-state index < -0.39 is 0 Å². The maximum absolute atomic E-state index is 5.46. The highest BCUT2D eigenvalue weighted by molar-refractivity contribution is 5.28. The normalized spacial score (nSPS) is 18.4. The molecule has 0 saturated heterocycles. The highest BCUT2D eigenvalue weighted by Gasteiger charge is 2.27. The lowest BCUT2D eigenvalue weighted by atomic mass is 10.0. The lowest BCUT2D eigenvalue weighted by Crippen LogP contribution is -2.25. The van der Waals surface area contributed by atoms with Crippen LogP contribution in [0, 0.1) is 11.8 Å². The van der Waals surface area contributed by atoms with Gasteiger partial charge in [-0.05, 0) is 62.8 Å². The van der Waals surface area contributed by atoms with E-state index in [1.165, 1.54) is 18.4 Å². The van der Waals surface area contributed by atoms with Crippen molar-refractivity contribution < 1.29 is 4.74 Å². The van der Waals surface area contributed by atoms with Crippen LogP contribution < -0.4 is 10.1 Å². The molecule has 1 aliphatic carbocycles. The van der Waals surface area contributed by atoms with E-state index in [0.29, 0.717) is 6.04 Å². The van der Waals surface area contributed by atoms with E-state index >= 15 is 0 Å². The summed E-state index contributed by atoms with van der Waals surface area (Å²) in [5.74, 6) is 2.75. The van der Waals surface area contributed by atoms with Gasteiger partial charge in [-0.3, -0.25) is 0 Å². The molecule has 1 aromatic rings. The minimum Gasteiger partial charge on any atom is -0.494 e. The third kappa shape index (κ3) is 3.74. The van der Waals surface area contributed by atoms with Gasteiger partial charge >= 0.3 is 0 Å². The van der Waals surface area contributed by atoms with Crippen LogP contribution in [0.25, 0.3) is 0 Å². The van der Waals surface area contributed by atoms with Gasteiger partial charge in [0.25, 0.3) is 0 Å². The van der Waals surface area contributed by atoms with E-state index in [1.54, 1.807) is 0 Å². The second-order valence-electron chi connectivity index (χ2n) is 5.45. The van der Waals surface area contributed by atoms with E-state index in [0.717, 1.165) is 30.7 Å². The van der Waals surface area contributed by atoms with Gasteiger partial charge < -0.3 is 10.1 Å². The molecule has 0 heterocycles. The molecule has 0 spiro atoms. The summed E-state index contributed by atoms with van der Waals surface area (Å²) in [6, 6.07) is 8.85. The molecule has 1 fully saturated rings. The topological polar surface area (TPSA) is 21.3 Å². The molecule has 1 aliphatic rings. The molecule has 0 bridgehead atoms. The Morgan fingerprint density at radius 3 is 2.44 bits per heavy atom. The Bertz CT molecular complexity index is 356. The average Bonchev–Trinajstić information content (AvgIpc) is 3.21. The number of rotatable bonds is 7. The quantitative estimate of drug-likeness (QED) is 0.791. The second-order valence-corrected chi connectivity index (χ2v) is 5.45. The summed E-state index contributed by atoms with van der Waals surface area (Å²) in [5.41, 5.74) is 1.33. The SMILES string of the molecule is CCOc1ccc(C(C)NCC(C)C2CC2)cc1. The van der Waals surface area contributed by atoms with Crippen LogP contribution >= 0.6 is 0 Å².